The van der Waals surface area contributed by atoms with Gasteiger partial charge in [-0.25, -0.2) is 0 Å². The van der Waals surface area contributed by atoms with Gasteiger partial charge < -0.3 is 4.74 Å². The normalized spacial score (nSPS) is 28.1. The van der Waals surface area contributed by atoms with Gasteiger partial charge in [-0.3, -0.25) is 0 Å². The average Bonchev–Trinajstić information content (AvgIpc) is 2.50. The fourth-order valence-corrected chi connectivity index (χ4v) is 2.36. The summed E-state index contributed by atoms with van der Waals surface area (Å²) in [6.07, 6.45) is 7.76. The highest BCUT2D eigenvalue weighted by Crippen LogP contribution is 2.32. The molecule has 14 heavy (non-hydrogen) atoms. The van der Waals surface area contributed by atoms with Crippen LogP contribution in [0, 0.1) is 17.2 Å². The van der Waals surface area contributed by atoms with E-state index >= 15 is 0 Å². The second-order valence-electron chi connectivity index (χ2n) is 4.25. The van der Waals surface area contributed by atoms with Crippen molar-refractivity contribution >= 4 is 0 Å². The van der Waals surface area contributed by atoms with E-state index in [4.69, 9.17) is 10.00 Å². The monoisotopic (exact) mass is 191 g/mol. The van der Waals surface area contributed by atoms with Crippen LogP contribution >= 0.6 is 0 Å². The van der Waals surface area contributed by atoms with E-state index in [-0.39, 0.29) is 5.92 Å². The quantitative estimate of drug-likeness (QED) is 0.589. The summed E-state index contributed by atoms with van der Waals surface area (Å²) >= 11 is 0. The summed E-state index contributed by atoms with van der Waals surface area (Å²) in [6.45, 7) is 0.885. The second-order valence-corrected chi connectivity index (χ2v) is 4.25. The van der Waals surface area contributed by atoms with Crippen LogP contribution in [0.25, 0.3) is 0 Å². The molecular weight excluding hydrogens is 174 g/mol. The van der Waals surface area contributed by atoms with Crippen molar-refractivity contribution in [3.63, 3.8) is 0 Å². The van der Waals surface area contributed by atoms with Crippen LogP contribution in [0.3, 0.4) is 0 Å². The molecule has 2 rings (SSSR count). The minimum atomic E-state index is 0.240. The SMILES string of the molecule is N#CC1CCCC2=C(CCCCO2)C1. The molecule has 2 nitrogen and oxygen atoms in total. The van der Waals surface area contributed by atoms with Gasteiger partial charge in [0.2, 0.25) is 0 Å². The lowest BCUT2D eigenvalue weighted by Crippen LogP contribution is -1.97. The van der Waals surface area contributed by atoms with Crippen molar-refractivity contribution in [2.45, 2.75) is 44.9 Å². The van der Waals surface area contributed by atoms with Gasteiger partial charge in [0.05, 0.1) is 24.4 Å². The molecule has 1 aliphatic carbocycles. The number of allylic oxidation sites excluding steroid dienone is 2. The maximum atomic E-state index is 8.96. The van der Waals surface area contributed by atoms with Gasteiger partial charge in [0, 0.05) is 6.42 Å². The highest BCUT2D eigenvalue weighted by Gasteiger charge is 2.20. The number of hydrogen-bond donors (Lipinski definition) is 0. The van der Waals surface area contributed by atoms with Gasteiger partial charge >= 0.3 is 0 Å². The maximum Gasteiger partial charge on any atom is 0.0952 e. The minimum absolute atomic E-state index is 0.240. The van der Waals surface area contributed by atoms with Crippen molar-refractivity contribution in [3.8, 4) is 6.07 Å². The maximum absolute atomic E-state index is 8.96. The molecule has 0 saturated carbocycles. The van der Waals surface area contributed by atoms with Gasteiger partial charge in [0.15, 0.2) is 0 Å². The van der Waals surface area contributed by atoms with Crippen LogP contribution in [0.2, 0.25) is 0 Å². The molecule has 1 unspecified atom stereocenters. The first-order valence-corrected chi connectivity index (χ1v) is 5.63. The van der Waals surface area contributed by atoms with Crippen LogP contribution in [0.15, 0.2) is 11.3 Å². The highest BCUT2D eigenvalue weighted by molar-refractivity contribution is 5.14. The van der Waals surface area contributed by atoms with Crippen molar-refractivity contribution in [1.29, 1.82) is 5.26 Å². The molecular formula is C12H17NO. The Morgan fingerprint density at radius 3 is 3.00 bits per heavy atom. The van der Waals surface area contributed by atoms with E-state index in [0.717, 1.165) is 38.7 Å². The molecule has 2 heteroatoms. The van der Waals surface area contributed by atoms with E-state index in [9.17, 15) is 0 Å². The Kier molecular flexibility index (Phi) is 3.08. The Morgan fingerprint density at radius 1 is 1.21 bits per heavy atom. The lowest BCUT2D eigenvalue weighted by atomic mass is 9.96. The first kappa shape index (κ1) is 9.58. The Balaban J connectivity index is 2.12. The Morgan fingerprint density at radius 2 is 2.14 bits per heavy atom. The third-order valence-corrected chi connectivity index (χ3v) is 3.18. The van der Waals surface area contributed by atoms with Crippen LogP contribution in [0.4, 0.5) is 0 Å². The molecule has 0 amide bonds. The van der Waals surface area contributed by atoms with E-state index in [2.05, 4.69) is 6.07 Å². The first-order valence-electron chi connectivity index (χ1n) is 5.63. The predicted molar refractivity (Wildman–Crippen MR) is 54.4 cm³/mol. The molecule has 0 bridgehead atoms. The third kappa shape index (κ3) is 2.09. The number of hydrogen-bond acceptors (Lipinski definition) is 2. The van der Waals surface area contributed by atoms with Crippen LogP contribution in [0.1, 0.15) is 44.9 Å². The molecule has 0 spiro atoms. The smallest absolute Gasteiger partial charge is 0.0952 e. The van der Waals surface area contributed by atoms with Crippen LogP contribution in [0.5, 0.6) is 0 Å². The number of rotatable bonds is 0. The summed E-state index contributed by atoms with van der Waals surface area (Å²) in [5.41, 5.74) is 1.44. The molecule has 0 aromatic heterocycles. The summed E-state index contributed by atoms with van der Waals surface area (Å²) in [5, 5.41) is 8.96. The van der Waals surface area contributed by atoms with E-state index in [1.165, 1.54) is 24.2 Å². The van der Waals surface area contributed by atoms with Crippen LogP contribution < -0.4 is 0 Å². The molecule has 1 atom stereocenters. The molecule has 1 heterocycles. The first-order chi connectivity index (χ1) is 6.90. The third-order valence-electron chi connectivity index (χ3n) is 3.18. The largest absolute Gasteiger partial charge is 0.498 e. The highest BCUT2D eigenvalue weighted by atomic mass is 16.5. The zero-order chi connectivity index (χ0) is 9.80. The Labute approximate surface area is 85.6 Å². The standard InChI is InChI=1S/C12H17NO/c13-9-10-4-3-6-12-11(8-10)5-1-2-7-14-12/h10H,1-8H2. The van der Waals surface area contributed by atoms with Gasteiger partial charge in [0.1, 0.15) is 0 Å². The summed E-state index contributed by atoms with van der Waals surface area (Å²) in [5.74, 6) is 1.46. The molecule has 0 N–H and O–H groups in total. The van der Waals surface area contributed by atoms with Crippen molar-refractivity contribution in [2.24, 2.45) is 5.92 Å². The Hall–Kier alpha value is -0.970. The molecule has 1 aliphatic heterocycles. The van der Waals surface area contributed by atoms with Gasteiger partial charge in [-0.05, 0) is 44.1 Å². The summed E-state index contributed by atoms with van der Waals surface area (Å²) < 4.78 is 5.75. The molecule has 0 saturated heterocycles. The van der Waals surface area contributed by atoms with E-state index in [1.54, 1.807) is 0 Å². The van der Waals surface area contributed by atoms with Crippen molar-refractivity contribution in [2.75, 3.05) is 6.61 Å². The number of nitriles is 1. The van der Waals surface area contributed by atoms with Crippen molar-refractivity contribution < 1.29 is 4.74 Å². The summed E-state index contributed by atoms with van der Waals surface area (Å²) in [6, 6.07) is 2.41. The molecule has 0 fully saturated rings. The molecule has 0 aromatic rings. The zero-order valence-electron chi connectivity index (χ0n) is 8.59. The van der Waals surface area contributed by atoms with Crippen LogP contribution in [-0.4, -0.2) is 6.61 Å². The topological polar surface area (TPSA) is 33.0 Å². The van der Waals surface area contributed by atoms with Gasteiger partial charge in [-0.2, -0.15) is 5.26 Å². The lowest BCUT2D eigenvalue weighted by Gasteiger charge is -2.09. The van der Waals surface area contributed by atoms with Gasteiger partial charge in [-0.15, -0.1) is 0 Å². The minimum Gasteiger partial charge on any atom is -0.498 e. The molecule has 0 radical (unpaired) electrons. The van der Waals surface area contributed by atoms with E-state index in [0.29, 0.717) is 0 Å². The lowest BCUT2D eigenvalue weighted by molar-refractivity contribution is 0.201. The molecule has 76 valence electrons. The van der Waals surface area contributed by atoms with Gasteiger partial charge in [0.25, 0.3) is 0 Å². The summed E-state index contributed by atoms with van der Waals surface area (Å²) in [7, 11) is 0. The Bertz CT molecular complexity index is 275. The van der Waals surface area contributed by atoms with Gasteiger partial charge in [-0.1, -0.05) is 0 Å². The molecule has 2 aliphatic rings. The average molecular weight is 191 g/mol. The molecule has 0 aromatic carbocycles. The number of nitrogens with zero attached hydrogens (tertiary/aromatic N) is 1. The van der Waals surface area contributed by atoms with Crippen LogP contribution in [-0.2, 0) is 4.74 Å². The van der Waals surface area contributed by atoms with Crippen molar-refractivity contribution in [3.05, 3.63) is 11.3 Å². The van der Waals surface area contributed by atoms with E-state index < -0.39 is 0 Å². The zero-order valence-corrected chi connectivity index (χ0v) is 8.59. The second kappa shape index (κ2) is 4.50. The number of ether oxygens (including phenoxy) is 1. The van der Waals surface area contributed by atoms with E-state index in [1.807, 2.05) is 0 Å². The summed E-state index contributed by atoms with van der Waals surface area (Å²) in [4.78, 5) is 0. The fourth-order valence-electron chi connectivity index (χ4n) is 2.36. The predicted octanol–water partition coefficient (Wildman–Crippen LogP) is 3.15. The fraction of sp³-hybridized carbons (Fsp3) is 0.750. The van der Waals surface area contributed by atoms with Crippen molar-refractivity contribution in [1.82, 2.24) is 0 Å².